The Hall–Kier alpha value is -2.08. The summed E-state index contributed by atoms with van der Waals surface area (Å²) in [6.07, 6.45) is 5.45. The molecule has 2 aromatic rings. The van der Waals surface area contributed by atoms with Crippen molar-refractivity contribution in [3.63, 3.8) is 0 Å². The standard InChI is InChI=1S/C29H34Cl2N2O3/c30-23-10-8-21(9-11-23)27-25(22-4-3-5-24(31)16-22)17-29(18-26(34)35,12-15-32-13-1-2-14-32)28(36)33(27)19-20-6-7-20/h3-5,8-11,16,20,25,27H,1-2,6-7,12-15,17-19H2,(H,34,35)/t25?,27-,29-/m1/s1. The van der Waals surface area contributed by atoms with E-state index in [0.717, 1.165) is 56.4 Å². The minimum atomic E-state index is -0.945. The Balaban J connectivity index is 1.59. The summed E-state index contributed by atoms with van der Waals surface area (Å²) < 4.78 is 0. The molecule has 3 aliphatic rings. The lowest BCUT2D eigenvalue weighted by Gasteiger charge is -2.51. The van der Waals surface area contributed by atoms with E-state index in [9.17, 15) is 14.7 Å². The van der Waals surface area contributed by atoms with Crippen molar-refractivity contribution in [2.24, 2.45) is 11.3 Å². The van der Waals surface area contributed by atoms with Gasteiger partial charge in [0, 0.05) is 22.5 Å². The first-order valence-electron chi connectivity index (χ1n) is 13.1. The SMILES string of the molecule is O=C(O)C[C@@]1(CCN2CCCC2)CC(c2cccc(Cl)c2)[C@@H](c2ccc(Cl)cc2)N(CC2CC2)C1=O. The number of benzene rings is 2. The van der Waals surface area contributed by atoms with E-state index in [1.807, 2.05) is 47.4 Å². The molecule has 0 bridgehead atoms. The molecule has 2 aromatic carbocycles. The smallest absolute Gasteiger partial charge is 0.304 e. The zero-order valence-corrected chi connectivity index (χ0v) is 22.1. The predicted octanol–water partition coefficient (Wildman–Crippen LogP) is 6.41. The summed E-state index contributed by atoms with van der Waals surface area (Å²) in [5, 5.41) is 11.3. The maximum absolute atomic E-state index is 14.4. The number of aliphatic carboxylic acids is 1. The number of carbonyl (C=O) groups excluding carboxylic acids is 1. The van der Waals surface area contributed by atoms with Gasteiger partial charge in [0.05, 0.1) is 17.9 Å². The van der Waals surface area contributed by atoms with Gasteiger partial charge in [-0.1, -0.05) is 47.5 Å². The van der Waals surface area contributed by atoms with Gasteiger partial charge in [0.2, 0.25) is 5.91 Å². The van der Waals surface area contributed by atoms with Gasteiger partial charge >= 0.3 is 5.97 Å². The van der Waals surface area contributed by atoms with Gasteiger partial charge in [-0.15, -0.1) is 0 Å². The molecule has 0 aromatic heterocycles. The quantitative estimate of drug-likeness (QED) is 0.408. The van der Waals surface area contributed by atoms with Gasteiger partial charge in [-0.3, -0.25) is 9.59 Å². The number of carboxylic acid groups (broad SMARTS) is 1. The highest BCUT2D eigenvalue weighted by molar-refractivity contribution is 6.30. The summed E-state index contributed by atoms with van der Waals surface area (Å²) >= 11 is 12.7. The summed E-state index contributed by atoms with van der Waals surface area (Å²) in [5.41, 5.74) is 1.13. The topological polar surface area (TPSA) is 60.9 Å². The molecule has 1 unspecified atom stereocenters. The third kappa shape index (κ3) is 5.58. The molecule has 192 valence electrons. The molecule has 0 spiro atoms. The largest absolute Gasteiger partial charge is 0.481 e. The minimum Gasteiger partial charge on any atom is -0.481 e. The van der Waals surface area contributed by atoms with Crippen LogP contribution in [0, 0.1) is 11.3 Å². The number of likely N-dealkylation sites (tertiary alicyclic amines) is 2. The van der Waals surface area contributed by atoms with Crippen molar-refractivity contribution in [1.29, 1.82) is 0 Å². The zero-order chi connectivity index (χ0) is 25.3. The molecule has 1 amide bonds. The molecule has 2 saturated heterocycles. The summed E-state index contributed by atoms with van der Waals surface area (Å²) in [4.78, 5) is 31.1. The second kappa shape index (κ2) is 10.7. The van der Waals surface area contributed by atoms with E-state index in [2.05, 4.69) is 11.0 Å². The van der Waals surface area contributed by atoms with Crippen molar-refractivity contribution < 1.29 is 14.7 Å². The van der Waals surface area contributed by atoms with Crippen LogP contribution < -0.4 is 0 Å². The first-order chi connectivity index (χ1) is 17.3. The number of carboxylic acids is 1. The van der Waals surface area contributed by atoms with Crippen molar-refractivity contribution in [2.75, 3.05) is 26.2 Å². The highest BCUT2D eigenvalue weighted by Crippen LogP contribution is 2.53. The average Bonchev–Trinajstić information content (AvgIpc) is 3.51. The van der Waals surface area contributed by atoms with Gasteiger partial charge in [0.15, 0.2) is 0 Å². The number of piperidine rings is 1. The van der Waals surface area contributed by atoms with Crippen LogP contribution in [0.1, 0.15) is 68.0 Å². The normalized spacial score (nSPS) is 26.9. The molecule has 0 radical (unpaired) electrons. The summed E-state index contributed by atoms with van der Waals surface area (Å²) in [6.45, 7) is 3.46. The fourth-order valence-electron chi connectivity index (χ4n) is 6.27. The third-order valence-electron chi connectivity index (χ3n) is 8.28. The van der Waals surface area contributed by atoms with Crippen molar-refractivity contribution in [3.8, 4) is 0 Å². The number of hydrogen-bond donors (Lipinski definition) is 1. The van der Waals surface area contributed by atoms with Crippen molar-refractivity contribution in [3.05, 3.63) is 69.7 Å². The van der Waals surface area contributed by atoms with Crippen LogP contribution in [0.15, 0.2) is 48.5 Å². The van der Waals surface area contributed by atoms with Crippen LogP contribution in [0.5, 0.6) is 0 Å². The van der Waals surface area contributed by atoms with Crippen LogP contribution in [-0.4, -0.2) is 53.0 Å². The van der Waals surface area contributed by atoms with Gasteiger partial charge in [-0.05, 0) is 99.5 Å². The van der Waals surface area contributed by atoms with Gasteiger partial charge in [0.1, 0.15) is 0 Å². The molecule has 5 rings (SSSR count). The molecule has 1 N–H and O–H groups in total. The number of rotatable bonds is 9. The second-order valence-corrected chi connectivity index (χ2v) is 11.8. The molecule has 2 heterocycles. The number of carbonyl (C=O) groups is 2. The average molecular weight is 530 g/mol. The van der Waals surface area contributed by atoms with E-state index in [1.165, 1.54) is 0 Å². The summed E-state index contributed by atoms with van der Waals surface area (Å²) in [5.74, 6) is -0.512. The fourth-order valence-corrected chi connectivity index (χ4v) is 6.59. The molecule has 1 saturated carbocycles. The lowest BCUT2D eigenvalue weighted by Crippen LogP contribution is -2.55. The van der Waals surface area contributed by atoms with Gasteiger partial charge < -0.3 is 14.9 Å². The van der Waals surface area contributed by atoms with E-state index in [-0.39, 0.29) is 24.3 Å². The van der Waals surface area contributed by atoms with Crippen LogP contribution in [0.25, 0.3) is 0 Å². The lowest BCUT2D eigenvalue weighted by molar-refractivity contribution is -0.160. The molecule has 3 fully saturated rings. The van der Waals surface area contributed by atoms with Gasteiger partial charge in [0.25, 0.3) is 0 Å². The van der Waals surface area contributed by atoms with Crippen LogP contribution in [0.4, 0.5) is 0 Å². The van der Waals surface area contributed by atoms with Crippen molar-refractivity contribution in [1.82, 2.24) is 9.80 Å². The van der Waals surface area contributed by atoms with E-state index in [4.69, 9.17) is 23.2 Å². The van der Waals surface area contributed by atoms with Crippen molar-refractivity contribution in [2.45, 2.75) is 56.9 Å². The van der Waals surface area contributed by atoms with Gasteiger partial charge in [-0.2, -0.15) is 0 Å². The first kappa shape index (κ1) is 25.6. The van der Waals surface area contributed by atoms with E-state index >= 15 is 0 Å². The minimum absolute atomic E-state index is 0.00535. The summed E-state index contributed by atoms with van der Waals surface area (Å²) in [6, 6.07) is 15.4. The molecular weight excluding hydrogens is 495 g/mol. The van der Waals surface area contributed by atoms with Crippen LogP contribution >= 0.6 is 23.2 Å². The number of nitrogens with zero attached hydrogens (tertiary/aromatic N) is 2. The second-order valence-electron chi connectivity index (χ2n) is 10.9. The Bertz CT molecular complexity index is 1100. The molecule has 1 aliphatic carbocycles. The Morgan fingerprint density at radius 3 is 2.36 bits per heavy atom. The first-order valence-corrected chi connectivity index (χ1v) is 13.9. The Kier molecular flexibility index (Phi) is 7.62. The maximum Gasteiger partial charge on any atom is 0.304 e. The van der Waals surface area contributed by atoms with Crippen molar-refractivity contribution >= 4 is 35.1 Å². The number of hydrogen-bond acceptors (Lipinski definition) is 3. The molecular formula is C29H34Cl2N2O3. The third-order valence-corrected chi connectivity index (χ3v) is 8.76. The lowest BCUT2D eigenvalue weighted by atomic mass is 9.65. The van der Waals surface area contributed by atoms with E-state index in [1.54, 1.807) is 0 Å². The van der Waals surface area contributed by atoms with Crippen LogP contribution in [0.2, 0.25) is 10.0 Å². The van der Waals surface area contributed by atoms with E-state index in [0.29, 0.717) is 35.3 Å². The molecule has 2 aliphatic heterocycles. The van der Waals surface area contributed by atoms with Crippen LogP contribution in [-0.2, 0) is 9.59 Å². The monoisotopic (exact) mass is 528 g/mol. The molecule has 7 heteroatoms. The highest BCUT2D eigenvalue weighted by atomic mass is 35.5. The number of halogens is 2. The van der Waals surface area contributed by atoms with E-state index < -0.39 is 11.4 Å². The maximum atomic E-state index is 14.4. The highest BCUT2D eigenvalue weighted by Gasteiger charge is 2.53. The van der Waals surface area contributed by atoms with Crippen LogP contribution in [0.3, 0.4) is 0 Å². The molecule has 5 nitrogen and oxygen atoms in total. The Labute approximate surface area is 223 Å². The molecule has 3 atom stereocenters. The Morgan fingerprint density at radius 1 is 1.00 bits per heavy atom. The fraction of sp³-hybridized carbons (Fsp3) is 0.517. The molecule has 36 heavy (non-hydrogen) atoms. The predicted molar refractivity (Wildman–Crippen MR) is 142 cm³/mol. The number of amides is 1. The summed E-state index contributed by atoms with van der Waals surface area (Å²) in [7, 11) is 0. The van der Waals surface area contributed by atoms with Gasteiger partial charge in [-0.25, -0.2) is 0 Å². The Morgan fingerprint density at radius 2 is 1.72 bits per heavy atom. The zero-order valence-electron chi connectivity index (χ0n) is 20.5.